The SMILES string of the molecule is NCCc1ccc(C(=O)NC2CCC2)cc1. The lowest BCUT2D eigenvalue weighted by atomic mass is 9.93. The van der Waals surface area contributed by atoms with E-state index in [-0.39, 0.29) is 5.91 Å². The third kappa shape index (κ3) is 2.61. The number of rotatable bonds is 4. The highest BCUT2D eigenvalue weighted by atomic mass is 16.1. The Bertz CT molecular complexity index is 355. The standard InChI is InChI=1S/C13H18N2O/c14-9-8-10-4-6-11(7-5-10)13(16)15-12-2-1-3-12/h4-7,12H,1-3,8-9,14H2,(H,15,16). The Kier molecular flexibility index (Phi) is 3.57. The van der Waals surface area contributed by atoms with Crippen molar-refractivity contribution in [2.75, 3.05) is 6.54 Å². The summed E-state index contributed by atoms with van der Waals surface area (Å²) in [4.78, 5) is 11.8. The minimum absolute atomic E-state index is 0.0454. The summed E-state index contributed by atoms with van der Waals surface area (Å²) < 4.78 is 0. The Balaban J connectivity index is 1.94. The molecule has 2 rings (SSSR count). The van der Waals surface area contributed by atoms with Crippen LogP contribution in [0.15, 0.2) is 24.3 Å². The Morgan fingerprint density at radius 2 is 2.00 bits per heavy atom. The van der Waals surface area contributed by atoms with Gasteiger partial charge in [0.1, 0.15) is 0 Å². The van der Waals surface area contributed by atoms with Crippen LogP contribution < -0.4 is 11.1 Å². The molecule has 0 unspecified atom stereocenters. The third-order valence-electron chi connectivity index (χ3n) is 3.09. The maximum atomic E-state index is 11.8. The molecule has 16 heavy (non-hydrogen) atoms. The van der Waals surface area contributed by atoms with E-state index in [4.69, 9.17) is 5.73 Å². The lowest BCUT2D eigenvalue weighted by molar-refractivity contribution is 0.0917. The van der Waals surface area contributed by atoms with E-state index in [1.807, 2.05) is 24.3 Å². The molecule has 0 atom stereocenters. The summed E-state index contributed by atoms with van der Waals surface area (Å²) in [5.74, 6) is 0.0454. The van der Waals surface area contributed by atoms with E-state index >= 15 is 0 Å². The summed E-state index contributed by atoms with van der Waals surface area (Å²) in [6, 6.07) is 8.10. The molecule has 3 heteroatoms. The first-order valence-corrected chi connectivity index (χ1v) is 5.89. The molecule has 0 radical (unpaired) electrons. The van der Waals surface area contributed by atoms with Gasteiger partial charge in [-0.3, -0.25) is 4.79 Å². The van der Waals surface area contributed by atoms with E-state index in [1.165, 1.54) is 12.0 Å². The van der Waals surface area contributed by atoms with Crippen molar-refractivity contribution in [3.63, 3.8) is 0 Å². The molecule has 0 bridgehead atoms. The Labute approximate surface area is 96.0 Å². The van der Waals surface area contributed by atoms with Crippen LogP contribution in [0.3, 0.4) is 0 Å². The van der Waals surface area contributed by atoms with Crippen LogP contribution in [0.5, 0.6) is 0 Å². The predicted molar refractivity (Wildman–Crippen MR) is 64.3 cm³/mol. The van der Waals surface area contributed by atoms with Crippen LogP contribution in [-0.4, -0.2) is 18.5 Å². The fourth-order valence-electron chi connectivity index (χ4n) is 1.81. The number of benzene rings is 1. The molecule has 1 aromatic rings. The van der Waals surface area contributed by atoms with Crippen LogP contribution >= 0.6 is 0 Å². The maximum absolute atomic E-state index is 11.8. The number of carbonyl (C=O) groups is 1. The summed E-state index contributed by atoms with van der Waals surface area (Å²) in [6.45, 7) is 0.646. The highest BCUT2D eigenvalue weighted by molar-refractivity contribution is 5.94. The smallest absolute Gasteiger partial charge is 0.251 e. The van der Waals surface area contributed by atoms with Crippen molar-refractivity contribution in [3.05, 3.63) is 35.4 Å². The zero-order valence-corrected chi connectivity index (χ0v) is 9.41. The maximum Gasteiger partial charge on any atom is 0.251 e. The molecule has 86 valence electrons. The Morgan fingerprint density at radius 1 is 1.31 bits per heavy atom. The average Bonchev–Trinajstić information content (AvgIpc) is 2.25. The van der Waals surface area contributed by atoms with Crippen molar-refractivity contribution in [1.82, 2.24) is 5.32 Å². The van der Waals surface area contributed by atoms with Crippen molar-refractivity contribution in [2.45, 2.75) is 31.7 Å². The van der Waals surface area contributed by atoms with Gasteiger partial charge >= 0.3 is 0 Å². The van der Waals surface area contributed by atoms with Gasteiger partial charge in [0.15, 0.2) is 0 Å². The number of amides is 1. The molecule has 0 aromatic heterocycles. The largest absolute Gasteiger partial charge is 0.349 e. The number of nitrogens with one attached hydrogen (secondary N) is 1. The lowest BCUT2D eigenvalue weighted by Gasteiger charge is -2.26. The molecule has 1 aliphatic rings. The van der Waals surface area contributed by atoms with Crippen molar-refractivity contribution in [1.29, 1.82) is 0 Å². The summed E-state index contributed by atoms with van der Waals surface area (Å²) in [6.07, 6.45) is 4.35. The van der Waals surface area contributed by atoms with Gasteiger partial charge in [-0.05, 0) is 49.9 Å². The Hall–Kier alpha value is -1.35. The summed E-state index contributed by atoms with van der Waals surface area (Å²) in [7, 11) is 0. The molecule has 1 fully saturated rings. The van der Waals surface area contributed by atoms with E-state index in [9.17, 15) is 4.79 Å². The Morgan fingerprint density at radius 3 is 2.50 bits per heavy atom. The second-order valence-electron chi connectivity index (χ2n) is 4.34. The molecule has 1 saturated carbocycles. The van der Waals surface area contributed by atoms with Gasteiger partial charge < -0.3 is 11.1 Å². The van der Waals surface area contributed by atoms with Crippen molar-refractivity contribution >= 4 is 5.91 Å². The molecule has 1 aromatic carbocycles. The normalized spacial score (nSPS) is 15.6. The summed E-state index contributed by atoms with van der Waals surface area (Å²) in [5, 5.41) is 3.02. The van der Waals surface area contributed by atoms with E-state index in [1.54, 1.807) is 0 Å². The van der Waals surface area contributed by atoms with Crippen LogP contribution in [0.4, 0.5) is 0 Å². The molecule has 0 aliphatic heterocycles. The highest BCUT2D eigenvalue weighted by Gasteiger charge is 2.19. The molecule has 1 amide bonds. The zero-order chi connectivity index (χ0) is 11.4. The molecule has 1 aliphatic carbocycles. The number of nitrogens with two attached hydrogens (primary N) is 1. The van der Waals surface area contributed by atoms with Gasteiger partial charge in [0, 0.05) is 11.6 Å². The lowest BCUT2D eigenvalue weighted by Crippen LogP contribution is -2.39. The van der Waals surface area contributed by atoms with E-state index in [0.29, 0.717) is 12.6 Å². The van der Waals surface area contributed by atoms with Gasteiger partial charge in [-0.15, -0.1) is 0 Å². The number of hydrogen-bond acceptors (Lipinski definition) is 2. The molecule has 0 spiro atoms. The first kappa shape index (κ1) is 11.1. The molecule has 0 heterocycles. The topological polar surface area (TPSA) is 55.1 Å². The highest BCUT2D eigenvalue weighted by Crippen LogP contribution is 2.18. The average molecular weight is 218 g/mol. The molecular weight excluding hydrogens is 200 g/mol. The van der Waals surface area contributed by atoms with Crippen LogP contribution in [0.1, 0.15) is 35.2 Å². The molecular formula is C13H18N2O. The monoisotopic (exact) mass is 218 g/mol. The second kappa shape index (κ2) is 5.12. The first-order valence-electron chi connectivity index (χ1n) is 5.89. The first-order chi connectivity index (χ1) is 7.79. The van der Waals surface area contributed by atoms with Crippen LogP contribution in [0, 0.1) is 0 Å². The summed E-state index contributed by atoms with van der Waals surface area (Å²) >= 11 is 0. The van der Waals surface area contributed by atoms with Crippen LogP contribution in [0.2, 0.25) is 0 Å². The van der Waals surface area contributed by atoms with Gasteiger partial charge in [-0.2, -0.15) is 0 Å². The third-order valence-corrected chi connectivity index (χ3v) is 3.09. The predicted octanol–water partition coefficient (Wildman–Crippen LogP) is 1.47. The van der Waals surface area contributed by atoms with Gasteiger partial charge in [-0.1, -0.05) is 12.1 Å². The number of hydrogen-bond donors (Lipinski definition) is 2. The fraction of sp³-hybridized carbons (Fsp3) is 0.462. The van der Waals surface area contributed by atoms with Crippen LogP contribution in [-0.2, 0) is 6.42 Å². The van der Waals surface area contributed by atoms with Gasteiger partial charge in [-0.25, -0.2) is 0 Å². The van der Waals surface area contributed by atoms with Gasteiger partial charge in [0.05, 0.1) is 0 Å². The molecule has 3 N–H and O–H groups in total. The van der Waals surface area contributed by atoms with Crippen LogP contribution in [0.25, 0.3) is 0 Å². The van der Waals surface area contributed by atoms with E-state index in [2.05, 4.69) is 5.32 Å². The van der Waals surface area contributed by atoms with Crippen molar-refractivity contribution < 1.29 is 4.79 Å². The van der Waals surface area contributed by atoms with Gasteiger partial charge in [0.2, 0.25) is 0 Å². The van der Waals surface area contributed by atoms with Crippen molar-refractivity contribution in [3.8, 4) is 0 Å². The summed E-state index contributed by atoms with van der Waals surface area (Å²) in [5.41, 5.74) is 7.40. The zero-order valence-electron chi connectivity index (χ0n) is 9.41. The minimum Gasteiger partial charge on any atom is -0.349 e. The minimum atomic E-state index is 0.0454. The van der Waals surface area contributed by atoms with E-state index < -0.39 is 0 Å². The molecule has 0 saturated heterocycles. The van der Waals surface area contributed by atoms with Gasteiger partial charge in [0.25, 0.3) is 5.91 Å². The van der Waals surface area contributed by atoms with E-state index in [0.717, 1.165) is 24.8 Å². The fourth-order valence-corrected chi connectivity index (χ4v) is 1.81. The second-order valence-corrected chi connectivity index (χ2v) is 4.34. The number of carbonyl (C=O) groups excluding carboxylic acids is 1. The molecule has 3 nitrogen and oxygen atoms in total. The quantitative estimate of drug-likeness (QED) is 0.804. The van der Waals surface area contributed by atoms with Crippen molar-refractivity contribution in [2.24, 2.45) is 5.73 Å².